The van der Waals surface area contributed by atoms with Crippen molar-refractivity contribution in [3.05, 3.63) is 47.0 Å². The van der Waals surface area contributed by atoms with Crippen molar-refractivity contribution in [2.24, 2.45) is 22.2 Å². The molecule has 71 heavy (non-hydrogen) atoms. The maximum atomic E-state index is 16.2. The number of carbonyl (C=O) groups is 7. The van der Waals surface area contributed by atoms with Crippen molar-refractivity contribution >= 4 is 112 Å². The van der Waals surface area contributed by atoms with Crippen LogP contribution >= 0.6 is 69.6 Å². The number of aliphatic hydroxyl groups is 2. The first kappa shape index (κ1) is 58.4. The lowest BCUT2D eigenvalue weighted by Gasteiger charge is -2.67. The Kier molecular flexibility index (Phi) is 17.6. The Labute approximate surface area is 439 Å². The van der Waals surface area contributed by atoms with E-state index in [1.165, 1.54) is 52.0 Å². The number of carbonyl (C=O) groups excluding carboxylic acids is 7. The molecule has 1 aromatic rings. The minimum atomic E-state index is -2.63. The van der Waals surface area contributed by atoms with E-state index in [-0.39, 0.29) is 16.7 Å². The number of ketones is 1. The third kappa shape index (κ3) is 12.4. The predicted octanol–water partition coefficient (Wildman–Crippen LogP) is 7.61. The van der Waals surface area contributed by atoms with E-state index < -0.39 is 164 Å². The number of alkyl carbamates (subject to hydrolysis) is 1. The fourth-order valence-corrected chi connectivity index (χ4v) is 10.4. The van der Waals surface area contributed by atoms with Crippen LogP contribution in [0.4, 0.5) is 14.4 Å². The van der Waals surface area contributed by atoms with Gasteiger partial charge in [-0.2, -0.15) is 0 Å². The zero-order chi connectivity index (χ0) is 53.6. The van der Waals surface area contributed by atoms with Crippen molar-refractivity contribution in [3.8, 4) is 0 Å². The number of alkyl halides is 6. The molecule has 1 aliphatic heterocycles. The van der Waals surface area contributed by atoms with Gasteiger partial charge in [0.2, 0.25) is 7.59 Å². The van der Waals surface area contributed by atoms with Crippen molar-refractivity contribution in [1.82, 2.24) is 5.32 Å². The maximum absolute atomic E-state index is 16.2. The first-order chi connectivity index (χ1) is 32.5. The molecule has 4 aliphatic rings. The molecule has 11 atom stereocenters. The molecule has 1 saturated heterocycles. The first-order valence-corrected chi connectivity index (χ1v) is 24.5. The van der Waals surface area contributed by atoms with Crippen LogP contribution in [0.25, 0.3) is 0 Å². The summed E-state index contributed by atoms with van der Waals surface area (Å²) in [6.07, 6.45) is -16.9. The summed E-state index contributed by atoms with van der Waals surface area (Å²) in [5.41, 5.74) is -10.3. The summed E-state index contributed by atoms with van der Waals surface area (Å²) in [5.74, 6) is -6.30. The topological polar surface area (TPSA) is 255 Å². The zero-order valence-electron chi connectivity index (χ0n) is 40.3. The highest BCUT2D eigenvalue weighted by Gasteiger charge is 2.79. The Bertz CT molecular complexity index is 2260. The van der Waals surface area contributed by atoms with Gasteiger partial charge in [-0.3, -0.25) is 9.59 Å². The number of hydrogen-bond donors (Lipinski definition) is 3. The largest absolute Gasteiger partial charge is 0.509 e. The van der Waals surface area contributed by atoms with Crippen molar-refractivity contribution in [3.63, 3.8) is 0 Å². The van der Waals surface area contributed by atoms with Crippen LogP contribution in [0.3, 0.4) is 0 Å². The van der Waals surface area contributed by atoms with Crippen molar-refractivity contribution in [1.29, 1.82) is 0 Å². The summed E-state index contributed by atoms with van der Waals surface area (Å²) in [6, 6.07) is 6.13. The van der Waals surface area contributed by atoms with Gasteiger partial charge in [-0.1, -0.05) is 122 Å². The third-order valence-electron chi connectivity index (χ3n) is 13.4. The lowest BCUT2D eigenvalue weighted by molar-refractivity contribution is -0.346. The molecule has 3 aliphatic carbocycles. The average molecular weight is 1120 g/mol. The molecule has 1 amide bonds. The van der Waals surface area contributed by atoms with Gasteiger partial charge in [0.25, 0.3) is 0 Å². The van der Waals surface area contributed by atoms with Gasteiger partial charge >= 0.3 is 36.3 Å². The second kappa shape index (κ2) is 21.4. The number of amides is 1. The fraction of sp³-hybridized carbons (Fsp3) is 0.674. The summed E-state index contributed by atoms with van der Waals surface area (Å²) in [6.45, 7) is 12.4. The zero-order valence-corrected chi connectivity index (χ0v) is 44.8. The SMILES string of the molecule is CC(=O)O[C@@]12CO[C@@H]1C[C@H](OC(=O)OCC(Cl)(Cl)Cl)[C@@]1(C)C(=O)[C@H](OC(=O)OCC(Cl)(Cl)Cl)C3=C(C)[C@@H](OC(=O)[C@H](O)[C@@H](NC(=O)OC(C)C)C(C)(C)C)C[C@@](O)([C@@H](OC(=O)c4ccccc4)[C@H]21)C3(C)C. The standard InChI is InChI=1S/C46H57Cl6NO18/c1-21(2)66-37(59)53-32(40(5,6)7)29(55)36(58)67-25-17-44(62)34(70-35(57)24-14-12-11-13-15-24)31-42(10,33(56)30(28(22(25)3)41(44,8)9)69-39(61)65-20-46(50,51)52)26(68-38(60)64-19-45(47,48)49)16-27-43(31,18-63-27)71-23(4)54/h11-15,21,25-27,29-32,34,55,62H,16-20H2,1-10H3,(H,53,59)/t25-,26-,27+,29+,30+,31-,32+,34-,42+,43-,44+/m0/s1. The first-order valence-electron chi connectivity index (χ1n) is 22.2. The number of halogens is 6. The number of nitrogens with one attached hydrogen (secondary N) is 1. The molecule has 0 spiro atoms. The summed E-state index contributed by atoms with van der Waals surface area (Å²) < 4.78 is 47.5. The van der Waals surface area contributed by atoms with Gasteiger partial charge in [0.05, 0.1) is 35.6 Å². The van der Waals surface area contributed by atoms with Crippen molar-refractivity contribution in [2.45, 2.75) is 150 Å². The summed E-state index contributed by atoms with van der Waals surface area (Å²) >= 11 is 35.3. The second-order valence-electron chi connectivity index (χ2n) is 20.0. The summed E-state index contributed by atoms with van der Waals surface area (Å²) in [4.78, 5) is 98.6. The number of Topliss-reactive ketones (excluding diaryl/α,β-unsaturated/α-hetero) is 1. The Hall–Kier alpha value is -3.53. The van der Waals surface area contributed by atoms with E-state index in [1.807, 2.05) is 0 Å². The van der Waals surface area contributed by atoms with Gasteiger partial charge in [-0.05, 0) is 56.4 Å². The van der Waals surface area contributed by atoms with Crippen LogP contribution in [0.2, 0.25) is 0 Å². The van der Waals surface area contributed by atoms with E-state index >= 15 is 4.79 Å². The number of esters is 3. The molecule has 3 N–H and O–H groups in total. The Morgan fingerprint density at radius 3 is 1.93 bits per heavy atom. The van der Waals surface area contributed by atoms with E-state index in [1.54, 1.807) is 40.7 Å². The molecule has 0 aromatic heterocycles. The molecule has 396 valence electrons. The molecule has 0 radical (unpaired) electrons. The lowest BCUT2D eigenvalue weighted by atomic mass is 9.44. The fourth-order valence-electron chi connectivity index (χ4n) is 10.1. The molecule has 2 bridgehead atoms. The molecule has 5 rings (SSSR count). The van der Waals surface area contributed by atoms with Gasteiger partial charge in [0.1, 0.15) is 43.2 Å². The number of aliphatic hydroxyl groups excluding tert-OH is 1. The van der Waals surface area contributed by atoms with Crippen LogP contribution in [-0.4, -0.2) is 140 Å². The second-order valence-corrected chi connectivity index (χ2v) is 25.0. The third-order valence-corrected chi connectivity index (χ3v) is 14.0. The van der Waals surface area contributed by atoms with Crippen molar-refractivity contribution < 1.29 is 86.4 Å². The number of hydrogen-bond acceptors (Lipinski definition) is 18. The Morgan fingerprint density at radius 1 is 0.873 bits per heavy atom. The number of rotatable bonds is 12. The quantitative estimate of drug-likeness (QED) is 0.0788. The Balaban J connectivity index is 1.83. The molecule has 0 unspecified atom stereocenters. The van der Waals surface area contributed by atoms with Crippen molar-refractivity contribution in [2.75, 3.05) is 19.8 Å². The molecule has 1 aromatic carbocycles. The smallest absolute Gasteiger partial charge is 0.456 e. The van der Waals surface area contributed by atoms with Gasteiger partial charge in [0.15, 0.2) is 23.6 Å². The Morgan fingerprint density at radius 2 is 1.44 bits per heavy atom. The minimum Gasteiger partial charge on any atom is -0.456 e. The minimum absolute atomic E-state index is 0.0302. The molecule has 3 fully saturated rings. The molecule has 1 heterocycles. The van der Waals surface area contributed by atoms with Crippen LogP contribution in [0.15, 0.2) is 41.5 Å². The van der Waals surface area contributed by atoms with Gasteiger partial charge in [0, 0.05) is 25.2 Å². The van der Waals surface area contributed by atoms with E-state index in [4.69, 9.17) is 112 Å². The van der Waals surface area contributed by atoms with Crippen LogP contribution < -0.4 is 5.32 Å². The van der Waals surface area contributed by atoms with E-state index in [2.05, 4.69) is 5.32 Å². The maximum Gasteiger partial charge on any atom is 0.509 e. The van der Waals surface area contributed by atoms with E-state index in [0.717, 1.165) is 6.92 Å². The van der Waals surface area contributed by atoms with Gasteiger partial charge in [-0.15, -0.1) is 0 Å². The van der Waals surface area contributed by atoms with Gasteiger partial charge in [-0.25, -0.2) is 24.0 Å². The molecule has 25 heteroatoms. The summed E-state index contributed by atoms with van der Waals surface area (Å²) in [7, 11) is 0. The van der Waals surface area contributed by atoms with Crippen LogP contribution in [0.1, 0.15) is 92.4 Å². The highest BCUT2D eigenvalue weighted by Crippen LogP contribution is 2.65. The van der Waals surface area contributed by atoms with Gasteiger partial charge < -0.3 is 58.2 Å². The lowest BCUT2D eigenvalue weighted by Crippen LogP contribution is -2.82. The molecular weight excluding hydrogens is 1070 g/mol. The van der Waals surface area contributed by atoms with E-state index in [0.29, 0.717) is 0 Å². The highest BCUT2D eigenvalue weighted by molar-refractivity contribution is 6.68. The highest BCUT2D eigenvalue weighted by atomic mass is 35.6. The van der Waals surface area contributed by atoms with E-state index in [9.17, 15) is 39.0 Å². The number of benzene rings is 1. The van der Waals surface area contributed by atoms with Crippen LogP contribution in [0.5, 0.6) is 0 Å². The van der Waals surface area contributed by atoms with Crippen LogP contribution in [-0.2, 0) is 57.0 Å². The monoisotopic (exact) mass is 1120 g/mol. The molecule has 19 nitrogen and oxygen atoms in total. The summed E-state index contributed by atoms with van der Waals surface area (Å²) in [5, 5.41) is 28.1. The average Bonchev–Trinajstić information content (AvgIpc) is 3.23. The number of ether oxygens (including phenoxy) is 9. The normalized spacial score (nSPS) is 30.0. The number of fused-ring (bicyclic) bond motifs is 5. The molecular formula is C46H57Cl6NO18. The van der Waals surface area contributed by atoms with Crippen LogP contribution in [0, 0.1) is 22.2 Å². The predicted molar refractivity (Wildman–Crippen MR) is 254 cm³/mol. The molecule has 2 saturated carbocycles.